The van der Waals surface area contributed by atoms with E-state index in [-0.39, 0.29) is 0 Å². The number of amides is 1. The molecule has 7 nitrogen and oxygen atoms in total. The molecule has 1 aromatic heterocycles. The van der Waals surface area contributed by atoms with E-state index in [0.717, 1.165) is 11.3 Å². The number of carboxylic acids is 1. The first-order valence-electron chi connectivity index (χ1n) is 4.71. The van der Waals surface area contributed by atoms with Crippen LogP contribution in [0.3, 0.4) is 0 Å². The number of aryl methyl sites for hydroxylation is 1. The summed E-state index contributed by atoms with van der Waals surface area (Å²) in [5, 5.41) is 17.5. The number of nitrogens with one attached hydrogen (secondary N) is 2. The first kappa shape index (κ1) is 12.2. The van der Waals surface area contributed by atoms with E-state index < -0.39 is 24.3 Å². The highest BCUT2D eigenvalue weighted by molar-refractivity contribution is 5.96. The Morgan fingerprint density at radius 2 is 2.19 bits per heavy atom. The van der Waals surface area contributed by atoms with Crippen molar-refractivity contribution in [1.82, 2.24) is 10.2 Å². The first-order valence-corrected chi connectivity index (χ1v) is 4.71. The van der Waals surface area contributed by atoms with Gasteiger partial charge in [-0.1, -0.05) is 0 Å². The summed E-state index contributed by atoms with van der Waals surface area (Å²) in [6, 6.07) is -1.08. The Bertz CT molecular complexity index is 413. The molecule has 1 rings (SSSR count). The summed E-state index contributed by atoms with van der Waals surface area (Å²) < 4.78 is 0. The molecule has 0 saturated heterocycles. The number of carbonyl (C=O) groups is 2. The highest BCUT2D eigenvalue weighted by Crippen LogP contribution is 2.13. The normalized spacial score (nSPS) is 12.2. The zero-order chi connectivity index (χ0) is 12.3. The lowest BCUT2D eigenvalue weighted by molar-refractivity contribution is -0.138. The minimum Gasteiger partial charge on any atom is -0.481 e. The number of nitrogens with zero attached hydrogens (tertiary/aromatic N) is 1. The quantitative estimate of drug-likeness (QED) is 0.565. The molecule has 0 spiro atoms. The molecule has 88 valence electrons. The molecule has 0 aliphatic rings. The maximum Gasteiger partial charge on any atom is 0.305 e. The second-order valence-corrected chi connectivity index (χ2v) is 3.52. The van der Waals surface area contributed by atoms with E-state index in [4.69, 9.17) is 10.8 Å². The van der Waals surface area contributed by atoms with Crippen LogP contribution in [-0.2, 0) is 9.59 Å². The molecule has 0 aliphatic carbocycles. The summed E-state index contributed by atoms with van der Waals surface area (Å²) in [5.74, 6) is -1.29. The topological polar surface area (TPSA) is 121 Å². The van der Waals surface area contributed by atoms with E-state index in [1.165, 1.54) is 0 Å². The van der Waals surface area contributed by atoms with Gasteiger partial charge in [0.2, 0.25) is 5.91 Å². The van der Waals surface area contributed by atoms with Gasteiger partial charge in [0.1, 0.15) is 0 Å². The first-order chi connectivity index (χ1) is 7.41. The Kier molecular flexibility index (Phi) is 3.62. The summed E-state index contributed by atoms with van der Waals surface area (Å²) in [6.07, 6.45) is -0.408. The summed E-state index contributed by atoms with van der Waals surface area (Å²) in [5.41, 5.74) is 7.03. The van der Waals surface area contributed by atoms with Gasteiger partial charge in [-0.2, -0.15) is 5.10 Å². The van der Waals surface area contributed by atoms with Gasteiger partial charge in [0.05, 0.1) is 12.5 Å². The lowest BCUT2D eigenvalue weighted by Gasteiger charge is -2.08. The average Bonchev–Trinajstić information content (AvgIpc) is 2.48. The molecule has 0 bridgehead atoms. The van der Waals surface area contributed by atoms with Crippen molar-refractivity contribution in [3.63, 3.8) is 0 Å². The van der Waals surface area contributed by atoms with Crippen LogP contribution < -0.4 is 11.1 Å². The maximum absolute atomic E-state index is 11.5. The predicted molar refractivity (Wildman–Crippen MR) is 56.9 cm³/mol. The molecule has 1 atom stereocenters. The fraction of sp³-hybridized carbons (Fsp3) is 0.444. The Labute approximate surface area is 92.0 Å². The van der Waals surface area contributed by atoms with Gasteiger partial charge in [0, 0.05) is 11.3 Å². The third kappa shape index (κ3) is 2.80. The van der Waals surface area contributed by atoms with Crippen LogP contribution in [0.4, 0.5) is 5.82 Å². The van der Waals surface area contributed by atoms with Gasteiger partial charge < -0.3 is 16.2 Å². The number of anilines is 1. The number of aromatic amines is 1. The minimum absolute atomic E-state index is 0.378. The van der Waals surface area contributed by atoms with Crippen LogP contribution in [-0.4, -0.2) is 33.2 Å². The summed E-state index contributed by atoms with van der Waals surface area (Å²) in [6.45, 7) is 3.60. The number of rotatable bonds is 4. The lowest BCUT2D eigenvalue weighted by Crippen LogP contribution is -2.37. The van der Waals surface area contributed by atoms with Crippen molar-refractivity contribution in [3.05, 3.63) is 11.3 Å². The Hall–Kier alpha value is -1.89. The number of carbonyl (C=O) groups excluding carboxylic acids is 1. The van der Waals surface area contributed by atoms with E-state index in [1.54, 1.807) is 6.92 Å². The van der Waals surface area contributed by atoms with Crippen molar-refractivity contribution in [2.24, 2.45) is 5.73 Å². The number of aliphatic carboxylic acids is 1. The van der Waals surface area contributed by atoms with Gasteiger partial charge in [0.15, 0.2) is 5.82 Å². The average molecular weight is 226 g/mol. The molecule has 0 fully saturated rings. The number of nitrogens with two attached hydrogens (primary N) is 1. The molecular weight excluding hydrogens is 212 g/mol. The van der Waals surface area contributed by atoms with Crippen LogP contribution in [0.5, 0.6) is 0 Å². The van der Waals surface area contributed by atoms with E-state index in [2.05, 4.69) is 15.5 Å². The van der Waals surface area contributed by atoms with Gasteiger partial charge in [-0.3, -0.25) is 14.7 Å². The highest BCUT2D eigenvalue weighted by atomic mass is 16.4. The summed E-state index contributed by atoms with van der Waals surface area (Å²) in [7, 11) is 0. The fourth-order valence-corrected chi connectivity index (χ4v) is 1.10. The van der Waals surface area contributed by atoms with Gasteiger partial charge in [-0.15, -0.1) is 0 Å². The number of hydrogen-bond donors (Lipinski definition) is 4. The largest absolute Gasteiger partial charge is 0.481 e. The van der Waals surface area contributed by atoms with Crippen molar-refractivity contribution in [2.45, 2.75) is 26.3 Å². The van der Waals surface area contributed by atoms with Crippen LogP contribution in [0.1, 0.15) is 17.7 Å². The zero-order valence-corrected chi connectivity index (χ0v) is 9.07. The summed E-state index contributed by atoms with van der Waals surface area (Å²) >= 11 is 0. The molecule has 0 radical (unpaired) electrons. The summed E-state index contributed by atoms with van der Waals surface area (Å²) in [4.78, 5) is 21.8. The lowest BCUT2D eigenvalue weighted by atomic mass is 10.2. The number of H-pyrrole nitrogens is 1. The van der Waals surface area contributed by atoms with Gasteiger partial charge in [-0.05, 0) is 13.8 Å². The van der Waals surface area contributed by atoms with Crippen molar-refractivity contribution < 1.29 is 14.7 Å². The van der Waals surface area contributed by atoms with Crippen molar-refractivity contribution >= 4 is 17.7 Å². The predicted octanol–water partition coefficient (Wildman–Crippen LogP) is -0.233. The van der Waals surface area contributed by atoms with Gasteiger partial charge in [0.25, 0.3) is 0 Å². The van der Waals surface area contributed by atoms with E-state index >= 15 is 0 Å². The number of aromatic nitrogens is 2. The van der Waals surface area contributed by atoms with Crippen LogP contribution in [0, 0.1) is 13.8 Å². The second-order valence-electron chi connectivity index (χ2n) is 3.52. The third-order valence-electron chi connectivity index (χ3n) is 2.23. The number of carboxylic acid groups (broad SMARTS) is 1. The molecule has 1 unspecified atom stereocenters. The maximum atomic E-state index is 11.5. The van der Waals surface area contributed by atoms with E-state index in [0.29, 0.717) is 5.82 Å². The van der Waals surface area contributed by atoms with Crippen molar-refractivity contribution in [2.75, 3.05) is 5.32 Å². The minimum atomic E-state index is -1.11. The Morgan fingerprint density at radius 1 is 1.56 bits per heavy atom. The number of hydrogen-bond acceptors (Lipinski definition) is 4. The van der Waals surface area contributed by atoms with Gasteiger partial charge in [-0.25, -0.2) is 0 Å². The molecule has 1 amide bonds. The Balaban J connectivity index is 2.64. The van der Waals surface area contributed by atoms with Gasteiger partial charge >= 0.3 is 5.97 Å². The molecular formula is C9H14N4O3. The molecule has 0 saturated carbocycles. The molecule has 1 heterocycles. The molecule has 0 aliphatic heterocycles. The fourth-order valence-electron chi connectivity index (χ4n) is 1.10. The Morgan fingerprint density at radius 3 is 2.62 bits per heavy atom. The molecule has 1 aromatic rings. The van der Waals surface area contributed by atoms with Crippen molar-refractivity contribution in [3.8, 4) is 0 Å². The van der Waals surface area contributed by atoms with Crippen LogP contribution in [0.25, 0.3) is 0 Å². The molecule has 7 heteroatoms. The second kappa shape index (κ2) is 4.75. The van der Waals surface area contributed by atoms with Crippen LogP contribution in [0.15, 0.2) is 0 Å². The molecule has 16 heavy (non-hydrogen) atoms. The zero-order valence-electron chi connectivity index (χ0n) is 9.07. The SMILES string of the molecule is Cc1[nH]nc(NC(=O)C(N)CC(=O)O)c1C. The molecule has 0 aromatic carbocycles. The smallest absolute Gasteiger partial charge is 0.305 e. The highest BCUT2D eigenvalue weighted by Gasteiger charge is 2.18. The third-order valence-corrected chi connectivity index (χ3v) is 2.23. The van der Waals surface area contributed by atoms with Crippen LogP contribution >= 0.6 is 0 Å². The van der Waals surface area contributed by atoms with Crippen molar-refractivity contribution in [1.29, 1.82) is 0 Å². The molecule has 5 N–H and O–H groups in total. The standard InChI is InChI=1S/C9H14N4O3/c1-4-5(2)12-13-8(4)11-9(16)6(10)3-7(14)15/h6H,3,10H2,1-2H3,(H,14,15)(H2,11,12,13,16). The van der Waals surface area contributed by atoms with Crippen LogP contribution in [0.2, 0.25) is 0 Å². The van der Waals surface area contributed by atoms with E-state index in [9.17, 15) is 9.59 Å². The monoisotopic (exact) mass is 226 g/mol. The van der Waals surface area contributed by atoms with E-state index in [1.807, 2.05) is 6.92 Å².